The van der Waals surface area contributed by atoms with Crippen LogP contribution in [-0.4, -0.2) is 41.7 Å². The van der Waals surface area contributed by atoms with Gasteiger partial charge in [-0.1, -0.05) is 18.2 Å². The van der Waals surface area contributed by atoms with Crippen molar-refractivity contribution in [3.63, 3.8) is 0 Å². The van der Waals surface area contributed by atoms with E-state index >= 15 is 0 Å². The standard InChI is InChI=1S/C21H23F2N3O3S/c1-26-9-8-20(25-26)24-21(27)17(10-13-11-18(22)19(23)12-13)14-2-4-15(5-3-14)30(28,29)16-6-7-16/h2-5,8-10,13,16,18-19H,6-7,11-12H2,1H3,(H,24,25,27)/b17-10+/t13?,18-,19+. The number of aryl methyl sites for hydroxylation is 1. The maximum Gasteiger partial charge on any atom is 0.257 e. The number of hydrogen-bond acceptors (Lipinski definition) is 4. The van der Waals surface area contributed by atoms with Gasteiger partial charge >= 0.3 is 0 Å². The van der Waals surface area contributed by atoms with Crippen LogP contribution in [0.2, 0.25) is 0 Å². The van der Waals surface area contributed by atoms with Crippen molar-refractivity contribution in [3.8, 4) is 0 Å². The quantitative estimate of drug-likeness (QED) is 0.705. The fourth-order valence-electron chi connectivity index (χ4n) is 3.71. The number of rotatable bonds is 6. The summed E-state index contributed by atoms with van der Waals surface area (Å²) in [5.41, 5.74) is 0.721. The monoisotopic (exact) mass is 435 g/mol. The van der Waals surface area contributed by atoms with Gasteiger partial charge < -0.3 is 5.32 Å². The maximum atomic E-state index is 13.7. The molecule has 0 radical (unpaired) electrons. The SMILES string of the molecule is Cn1ccc(NC(=O)/C(=C/C2C[C@@H](F)[C@@H](F)C2)c2ccc(S(=O)(=O)C3CC3)cc2)n1. The molecular weight excluding hydrogens is 412 g/mol. The fraction of sp³-hybridized carbons (Fsp3) is 0.429. The van der Waals surface area contributed by atoms with Crippen molar-refractivity contribution in [1.29, 1.82) is 0 Å². The van der Waals surface area contributed by atoms with Crippen molar-refractivity contribution in [3.05, 3.63) is 48.2 Å². The molecule has 1 heterocycles. The van der Waals surface area contributed by atoms with E-state index in [0.29, 0.717) is 24.2 Å². The Morgan fingerprint density at radius 1 is 1.13 bits per heavy atom. The van der Waals surface area contributed by atoms with Crippen LogP contribution in [0.4, 0.5) is 14.6 Å². The van der Waals surface area contributed by atoms with Crippen LogP contribution >= 0.6 is 0 Å². The Morgan fingerprint density at radius 2 is 1.77 bits per heavy atom. The molecule has 30 heavy (non-hydrogen) atoms. The number of benzene rings is 1. The molecule has 4 rings (SSSR count). The lowest BCUT2D eigenvalue weighted by molar-refractivity contribution is -0.111. The minimum atomic E-state index is -3.34. The Morgan fingerprint density at radius 3 is 2.30 bits per heavy atom. The van der Waals surface area contributed by atoms with Crippen LogP contribution in [0, 0.1) is 5.92 Å². The Hall–Kier alpha value is -2.55. The summed E-state index contributed by atoms with van der Waals surface area (Å²) >= 11 is 0. The van der Waals surface area contributed by atoms with E-state index in [-0.39, 0.29) is 28.6 Å². The van der Waals surface area contributed by atoms with Crippen LogP contribution in [0.5, 0.6) is 0 Å². The molecule has 2 aliphatic rings. The molecule has 0 aliphatic heterocycles. The number of halogens is 2. The first-order chi connectivity index (χ1) is 14.2. The summed E-state index contributed by atoms with van der Waals surface area (Å²) in [6, 6.07) is 7.72. The summed E-state index contributed by atoms with van der Waals surface area (Å²) in [7, 11) is -1.63. The maximum absolute atomic E-state index is 13.7. The number of nitrogens with zero attached hydrogens (tertiary/aromatic N) is 2. The summed E-state index contributed by atoms with van der Waals surface area (Å²) in [6.45, 7) is 0. The van der Waals surface area contributed by atoms with Gasteiger partial charge in [0.2, 0.25) is 0 Å². The third-order valence-electron chi connectivity index (χ3n) is 5.51. The van der Waals surface area contributed by atoms with Gasteiger partial charge in [-0.2, -0.15) is 5.10 Å². The second-order valence-electron chi connectivity index (χ2n) is 7.94. The van der Waals surface area contributed by atoms with Gasteiger partial charge in [0.25, 0.3) is 5.91 Å². The van der Waals surface area contributed by atoms with Gasteiger partial charge in [0.1, 0.15) is 12.3 Å². The predicted molar refractivity (Wildman–Crippen MR) is 109 cm³/mol. The van der Waals surface area contributed by atoms with E-state index < -0.39 is 34.0 Å². The number of nitrogens with one attached hydrogen (secondary N) is 1. The van der Waals surface area contributed by atoms with Gasteiger partial charge in [0.15, 0.2) is 15.7 Å². The van der Waals surface area contributed by atoms with Crippen LogP contribution in [-0.2, 0) is 21.7 Å². The zero-order chi connectivity index (χ0) is 21.5. The molecule has 0 spiro atoms. The third-order valence-corrected chi connectivity index (χ3v) is 7.79. The Kier molecular flexibility index (Phi) is 5.48. The summed E-state index contributed by atoms with van der Waals surface area (Å²) in [5, 5.41) is 6.47. The highest BCUT2D eigenvalue weighted by atomic mass is 32.2. The zero-order valence-corrected chi connectivity index (χ0v) is 17.3. The number of carbonyl (C=O) groups is 1. The number of aromatic nitrogens is 2. The summed E-state index contributed by atoms with van der Waals surface area (Å²) in [6.07, 6.45) is 1.51. The van der Waals surface area contributed by atoms with Crippen LogP contribution in [0.25, 0.3) is 5.57 Å². The molecule has 0 bridgehead atoms. The first kappa shape index (κ1) is 20.7. The molecule has 3 atom stereocenters. The zero-order valence-electron chi connectivity index (χ0n) is 16.5. The number of hydrogen-bond donors (Lipinski definition) is 1. The van der Waals surface area contributed by atoms with Crippen molar-refractivity contribution >= 4 is 27.1 Å². The molecule has 1 N–H and O–H groups in total. The van der Waals surface area contributed by atoms with Crippen molar-refractivity contribution in [1.82, 2.24) is 9.78 Å². The number of sulfone groups is 1. The van der Waals surface area contributed by atoms with Crippen LogP contribution in [0.15, 0.2) is 47.5 Å². The lowest BCUT2D eigenvalue weighted by atomic mass is 9.98. The molecule has 2 saturated carbocycles. The van der Waals surface area contributed by atoms with Gasteiger partial charge in [-0.05, 0) is 49.3 Å². The smallest absolute Gasteiger partial charge is 0.257 e. The minimum Gasteiger partial charge on any atom is -0.305 e. The van der Waals surface area contributed by atoms with Gasteiger partial charge in [0.05, 0.1) is 10.1 Å². The predicted octanol–water partition coefficient (Wildman–Crippen LogP) is 3.46. The fourth-order valence-corrected chi connectivity index (χ4v) is 5.36. The molecule has 2 fully saturated rings. The molecule has 0 saturated heterocycles. The molecule has 2 aliphatic carbocycles. The molecule has 2 aromatic rings. The lowest BCUT2D eigenvalue weighted by Gasteiger charge is -2.12. The molecule has 6 nitrogen and oxygen atoms in total. The molecule has 160 valence electrons. The average molecular weight is 435 g/mol. The van der Waals surface area contributed by atoms with Crippen molar-refractivity contribution < 1.29 is 22.0 Å². The molecular formula is C21H23F2N3O3S. The first-order valence-corrected chi connectivity index (χ1v) is 11.4. The number of anilines is 1. The summed E-state index contributed by atoms with van der Waals surface area (Å²) in [4.78, 5) is 13.2. The van der Waals surface area contributed by atoms with E-state index in [1.54, 1.807) is 37.5 Å². The average Bonchev–Trinajstić information content (AvgIpc) is 3.42. The largest absolute Gasteiger partial charge is 0.305 e. The Bertz CT molecular complexity index is 1070. The van der Waals surface area contributed by atoms with Gasteiger partial charge in [-0.25, -0.2) is 17.2 Å². The van der Waals surface area contributed by atoms with Crippen molar-refractivity contribution in [2.45, 2.75) is 48.2 Å². The van der Waals surface area contributed by atoms with E-state index in [2.05, 4.69) is 10.4 Å². The molecule has 1 unspecified atom stereocenters. The van der Waals surface area contributed by atoms with Gasteiger partial charge in [0, 0.05) is 24.9 Å². The van der Waals surface area contributed by atoms with Crippen LogP contribution in [0.3, 0.4) is 0 Å². The Balaban J connectivity index is 1.63. The van der Waals surface area contributed by atoms with Gasteiger partial charge in [-0.15, -0.1) is 0 Å². The van der Waals surface area contributed by atoms with Crippen molar-refractivity contribution in [2.75, 3.05) is 5.32 Å². The van der Waals surface area contributed by atoms with E-state index in [0.717, 1.165) is 0 Å². The number of alkyl halides is 2. The highest BCUT2D eigenvalue weighted by molar-refractivity contribution is 7.92. The summed E-state index contributed by atoms with van der Waals surface area (Å²) in [5.74, 6) is -0.543. The van der Waals surface area contributed by atoms with Crippen LogP contribution < -0.4 is 5.32 Å². The van der Waals surface area contributed by atoms with Gasteiger partial charge in [-0.3, -0.25) is 9.48 Å². The molecule has 1 amide bonds. The van der Waals surface area contributed by atoms with Crippen LogP contribution in [0.1, 0.15) is 31.2 Å². The van der Waals surface area contributed by atoms with Crippen molar-refractivity contribution in [2.24, 2.45) is 13.0 Å². The van der Waals surface area contributed by atoms with E-state index in [4.69, 9.17) is 0 Å². The normalized spacial score (nSPS) is 24.8. The number of amides is 1. The second-order valence-corrected chi connectivity index (χ2v) is 10.2. The Labute approximate surface area is 173 Å². The highest BCUT2D eigenvalue weighted by Gasteiger charge is 2.37. The molecule has 9 heteroatoms. The van der Waals surface area contributed by atoms with E-state index in [9.17, 15) is 22.0 Å². The van der Waals surface area contributed by atoms with E-state index in [1.807, 2.05) is 0 Å². The third kappa shape index (κ3) is 4.30. The highest BCUT2D eigenvalue weighted by Crippen LogP contribution is 2.36. The first-order valence-electron chi connectivity index (χ1n) is 9.89. The minimum absolute atomic E-state index is 0.00960. The molecule has 1 aromatic carbocycles. The lowest BCUT2D eigenvalue weighted by Crippen LogP contribution is -2.15. The number of allylic oxidation sites excluding steroid dienone is 1. The summed E-state index contributed by atoms with van der Waals surface area (Å²) < 4.78 is 53.7. The second kappa shape index (κ2) is 7.94. The topological polar surface area (TPSA) is 81.1 Å². The molecule has 1 aromatic heterocycles. The number of carbonyl (C=O) groups excluding carboxylic acids is 1. The van der Waals surface area contributed by atoms with E-state index in [1.165, 1.54) is 16.8 Å².